The highest BCUT2D eigenvalue weighted by atomic mass is 16.5. The molecule has 0 bridgehead atoms. The Kier molecular flexibility index (Phi) is 3.66. The molecule has 5 nitrogen and oxygen atoms in total. The molecule has 1 aromatic heterocycles. The van der Waals surface area contributed by atoms with E-state index in [1.54, 1.807) is 0 Å². The number of carboxylic acid groups (broad SMARTS) is 1. The van der Waals surface area contributed by atoms with Crippen LogP contribution in [-0.2, 0) is 11.3 Å². The average Bonchev–Trinajstić information content (AvgIpc) is 2.73. The number of carbonyl (C=O) groups is 1. The lowest BCUT2D eigenvalue weighted by molar-refractivity contribution is 0.0656. The quantitative estimate of drug-likeness (QED) is 0.916. The van der Waals surface area contributed by atoms with Crippen LogP contribution in [0.2, 0.25) is 0 Å². The van der Waals surface area contributed by atoms with Crippen LogP contribution in [0, 0.1) is 13.8 Å². The number of hydrogen-bond donors (Lipinski definition) is 1. The van der Waals surface area contributed by atoms with Gasteiger partial charge in [-0.2, -0.15) is 0 Å². The predicted octanol–water partition coefficient (Wildman–Crippen LogP) is 2.80. The Hall–Kier alpha value is -2.14. The Bertz CT molecular complexity index is 596. The topological polar surface area (TPSA) is 72.6 Å². The minimum absolute atomic E-state index is 0.107. The van der Waals surface area contributed by atoms with Crippen LogP contribution in [0.15, 0.2) is 22.6 Å². The maximum Gasteiger partial charge on any atom is 0.373 e. The molecule has 1 heterocycles. The molecule has 0 aliphatic rings. The number of aromatic nitrogens is 1. The van der Waals surface area contributed by atoms with Crippen molar-refractivity contribution in [2.45, 2.75) is 20.5 Å². The SMILES string of the molecule is COCc1nc(-c2c(C)cccc2C)oc1C(=O)O. The average molecular weight is 261 g/mol. The molecule has 0 saturated heterocycles. The van der Waals surface area contributed by atoms with Crippen molar-refractivity contribution in [2.24, 2.45) is 0 Å². The molecule has 0 atom stereocenters. The Morgan fingerprint density at radius 3 is 2.53 bits per heavy atom. The number of hydrogen-bond acceptors (Lipinski definition) is 4. The fourth-order valence-corrected chi connectivity index (χ4v) is 2.01. The Morgan fingerprint density at radius 1 is 1.37 bits per heavy atom. The number of aromatic carboxylic acids is 1. The van der Waals surface area contributed by atoms with Gasteiger partial charge < -0.3 is 14.3 Å². The van der Waals surface area contributed by atoms with Crippen LogP contribution in [0.3, 0.4) is 0 Å². The molecule has 0 aliphatic carbocycles. The number of benzene rings is 1. The van der Waals surface area contributed by atoms with E-state index in [0.717, 1.165) is 16.7 Å². The molecule has 100 valence electrons. The highest BCUT2D eigenvalue weighted by Gasteiger charge is 2.21. The molecule has 5 heteroatoms. The van der Waals surface area contributed by atoms with E-state index in [0.29, 0.717) is 11.6 Å². The van der Waals surface area contributed by atoms with Gasteiger partial charge in [0, 0.05) is 12.7 Å². The summed E-state index contributed by atoms with van der Waals surface area (Å²) in [5.41, 5.74) is 3.10. The summed E-state index contributed by atoms with van der Waals surface area (Å²) in [5.74, 6) is -0.989. The molecule has 0 spiro atoms. The van der Waals surface area contributed by atoms with Crippen LogP contribution in [0.5, 0.6) is 0 Å². The van der Waals surface area contributed by atoms with Gasteiger partial charge in [-0.15, -0.1) is 0 Å². The molecule has 0 radical (unpaired) electrons. The van der Waals surface area contributed by atoms with Gasteiger partial charge in [-0.25, -0.2) is 9.78 Å². The van der Waals surface area contributed by atoms with E-state index in [1.165, 1.54) is 7.11 Å². The summed E-state index contributed by atoms with van der Waals surface area (Å²) < 4.78 is 10.3. The number of ether oxygens (including phenoxy) is 1. The number of oxazole rings is 1. The first-order valence-electron chi connectivity index (χ1n) is 5.83. The zero-order valence-electron chi connectivity index (χ0n) is 11.1. The molecule has 0 fully saturated rings. The largest absolute Gasteiger partial charge is 0.475 e. The van der Waals surface area contributed by atoms with Crippen LogP contribution in [-0.4, -0.2) is 23.2 Å². The van der Waals surface area contributed by atoms with Crippen molar-refractivity contribution in [1.29, 1.82) is 0 Å². The monoisotopic (exact) mass is 261 g/mol. The van der Waals surface area contributed by atoms with Crippen molar-refractivity contribution in [3.63, 3.8) is 0 Å². The van der Waals surface area contributed by atoms with Crippen molar-refractivity contribution in [3.05, 3.63) is 40.8 Å². The molecule has 1 aromatic carbocycles. The van der Waals surface area contributed by atoms with E-state index in [9.17, 15) is 4.79 Å². The van der Waals surface area contributed by atoms with Crippen LogP contribution in [0.1, 0.15) is 27.4 Å². The summed E-state index contributed by atoms with van der Waals surface area (Å²) in [6.07, 6.45) is 0. The van der Waals surface area contributed by atoms with Crippen molar-refractivity contribution >= 4 is 5.97 Å². The zero-order valence-corrected chi connectivity index (χ0v) is 11.1. The molecule has 0 saturated carbocycles. The van der Waals surface area contributed by atoms with Crippen LogP contribution in [0.4, 0.5) is 0 Å². The third-order valence-corrected chi connectivity index (χ3v) is 2.87. The lowest BCUT2D eigenvalue weighted by atomic mass is 10.0. The number of aryl methyl sites for hydroxylation is 2. The third-order valence-electron chi connectivity index (χ3n) is 2.87. The van der Waals surface area contributed by atoms with E-state index in [2.05, 4.69) is 4.98 Å². The smallest absolute Gasteiger partial charge is 0.373 e. The van der Waals surface area contributed by atoms with E-state index < -0.39 is 5.97 Å². The van der Waals surface area contributed by atoms with Crippen LogP contribution < -0.4 is 0 Å². The lowest BCUT2D eigenvalue weighted by Gasteiger charge is -2.04. The van der Waals surface area contributed by atoms with Gasteiger partial charge in [0.15, 0.2) is 0 Å². The number of rotatable bonds is 4. The van der Waals surface area contributed by atoms with Gasteiger partial charge in [0.1, 0.15) is 5.69 Å². The van der Waals surface area contributed by atoms with E-state index in [4.69, 9.17) is 14.3 Å². The summed E-state index contributed by atoms with van der Waals surface area (Å²) in [7, 11) is 1.49. The fourth-order valence-electron chi connectivity index (χ4n) is 2.01. The standard InChI is InChI=1S/C14H15NO4/c1-8-5-4-6-9(2)11(8)13-15-10(7-18-3)12(19-13)14(16)17/h4-6H,7H2,1-3H3,(H,16,17). The van der Waals surface area contributed by atoms with Crippen molar-refractivity contribution in [2.75, 3.05) is 7.11 Å². The van der Waals surface area contributed by atoms with Gasteiger partial charge in [0.2, 0.25) is 11.7 Å². The molecule has 0 aliphatic heterocycles. The molecule has 2 rings (SSSR count). The first kappa shape index (κ1) is 13.3. The van der Waals surface area contributed by atoms with E-state index in [1.807, 2.05) is 32.0 Å². The fraction of sp³-hybridized carbons (Fsp3) is 0.286. The lowest BCUT2D eigenvalue weighted by Crippen LogP contribution is -2.00. The number of methoxy groups -OCH3 is 1. The van der Waals surface area contributed by atoms with Gasteiger partial charge in [0.25, 0.3) is 0 Å². The molecule has 0 unspecified atom stereocenters. The summed E-state index contributed by atoms with van der Waals surface area (Å²) in [5, 5.41) is 9.10. The molecular formula is C14H15NO4. The second kappa shape index (κ2) is 5.24. The normalized spacial score (nSPS) is 10.7. The van der Waals surface area contributed by atoms with Gasteiger partial charge in [-0.05, 0) is 25.0 Å². The van der Waals surface area contributed by atoms with Crippen molar-refractivity contribution in [1.82, 2.24) is 4.98 Å². The maximum atomic E-state index is 11.1. The van der Waals surface area contributed by atoms with Crippen LogP contribution in [0.25, 0.3) is 11.5 Å². The minimum atomic E-state index is -1.14. The summed E-state index contributed by atoms with van der Waals surface area (Å²) in [4.78, 5) is 15.4. The Balaban J connectivity index is 2.57. The number of nitrogens with zero attached hydrogens (tertiary/aromatic N) is 1. The predicted molar refractivity (Wildman–Crippen MR) is 69.1 cm³/mol. The third kappa shape index (κ3) is 2.51. The summed E-state index contributed by atoms with van der Waals surface area (Å²) in [6, 6.07) is 5.80. The minimum Gasteiger partial charge on any atom is -0.475 e. The molecule has 2 aromatic rings. The van der Waals surface area contributed by atoms with E-state index >= 15 is 0 Å². The van der Waals surface area contributed by atoms with Gasteiger partial charge >= 0.3 is 5.97 Å². The highest BCUT2D eigenvalue weighted by Crippen LogP contribution is 2.28. The van der Waals surface area contributed by atoms with Gasteiger partial charge in [0.05, 0.1) is 6.61 Å². The second-order valence-electron chi connectivity index (χ2n) is 4.30. The molecule has 1 N–H and O–H groups in total. The highest BCUT2D eigenvalue weighted by molar-refractivity contribution is 5.86. The zero-order chi connectivity index (χ0) is 14.0. The first-order valence-corrected chi connectivity index (χ1v) is 5.83. The number of carboxylic acids is 1. The van der Waals surface area contributed by atoms with Gasteiger partial charge in [-0.1, -0.05) is 18.2 Å². The maximum absolute atomic E-state index is 11.1. The Labute approximate surface area is 110 Å². The van der Waals surface area contributed by atoms with E-state index in [-0.39, 0.29) is 12.4 Å². The van der Waals surface area contributed by atoms with Crippen LogP contribution >= 0.6 is 0 Å². The summed E-state index contributed by atoms with van der Waals surface area (Å²) in [6.45, 7) is 3.97. The molecule has 0 amide bonds. The molecular weight excluding hydrogens is 246 g/mol. The second-order valence-corrected chi connectivity index (χ2v) is 4.30. The van der Waals surface area contributed by atoms with Crippen molar-refractivity contribution in [3.8, 4) is 11.5 Å². The summed E-state index contributed by atoms with van der Waals surface area (Å²) >= 11 is 0. The van der Waals surface area contributed by atoms with Gasteiger partial charge in [-0.3, -0.25) is 0 Å². The molecule has 19 heavy (non-hydrogen) atoms. The van der Waals surface area contributed by atoms with Crippen molar-refractivity contribution < 1.29 is 19.1 Å². The first-order chi connectivity index (χ1) is 9.04. The Morgan fingerprint density at radius 2 is 2.00 bits per heavy atom.